The first-order chi connectivity index (χ1) is 11.3. The fourth-order valence-electron chi connectivity index (χ4n) is 3.54. The molecule has 0 amide bonds. The van der Waals surface area contributed by atoms with Gasteiger partial charge in [0.2, 0.25) is 0 Å². The number of nitrogens with one attached hydrogen (secondary N) is 1. The first kappa shape index (κ1) is 14.8. The third-order valence-electron chi connectivity index (χ3n) is 4.57. The maximum atomic E-state index is 4.74. The van der Waals surface area contributed by atoms with Gasteiger partial charge in [0.1, 0.15) is 5.82 Å². The van der Waals surface area contributed by atoms with Crippen molar-refractivity contribution in [3.05, 3.63) is 46.2 Å². The molecule has 120 valence electrons. The van der Waals surface area contributed by atoms with Crippen molar-refractivity contribution in [1.82, 2.24) is 19.9 Å². The number of aryl methyl sites for hydroxylation is 1. The number of aromatic nitrogens is 3. The second-order valence-electron chi connectivity index (χ2n) is 6.49. The first-order valence-electron chi connectivity index (χ1n) is 8.33. The summed E-state index contributed by atoms with van der Waals surface area (Å²) in [4.78, 5) is 16.5. The minimum atomic E-state index is 0.693. The zero-order chi connectivity index (χ0) is 15.6. The summed E-state index contributed by atoms with van der Waals surface area (Å²) in [6, 6.07) is 8.29. The first-order valence-corrected chi connectivity index (χ1v) is 9.15. The SMILES string of the molecule is Cc1ncc(CN2CCCC(Cc3nc4ccccc4[nH]3)C2)s1. The Morgan fingerprint density at radius 1 is 1.35 bits per heavy atom. The largest absolute Gasteiger partial charge is 0.342 e. The number of benzene rings is 1. The van der Waals surface area contributed by atoms with E-state index in [2.05, 4.69) is 40.0 Å². The van der Waals surface area contributed by atoms with Gasteiger partial charge in [0.05, 0.1) is 16.0 Å². The number of fused-ring (bicyclic) bond motifs is 1. The van der Waals surface area contributed by atoms with Gasteiger partial charge in [-0.15, -0.1) is 11.3 Å². The molecule has 23 heavy (non-hydrogen) atoms. The molecule has 1 N–H and O–H groups in total. The number of imidazole rings is 1. The Kier molecular flexibility index (Phi) is 4.14. The number of rotatable bonds is 4. The molecular formula is C18H22N4S. The van der Waals surface area contributed by atoms with Gasteiger partial charge < -0.3 is 4.98 Å². The normalized spacial score (nSPS) is 19.4. The lowest BCUT2D eigenvalue weighted by atomic mass is 9.94. The Morgan fingerprint density at radius 2 is 2.26 bits per heavy atom. The fraction of sp³-hybridized carbons (Fsp3) is 0.444. The van der Waals surface area contributed by atoms with Crippen LogP contribution in [0.4, 0.5) is 0 Å². The fourth-order valence-corrected chi connectivity index (χ4v) is 4.37. The third kappa shape index (κ3) is 3.46. The van der Waals surface area contributed by atoms with Gasteiger partial charge in [-0.2, -0.15) is 0 Å². The molecule has 1 atom stereocenters. The van der Waals surface area contributed by atoms with Gasteiger partial charge in [0, 0.05) is 30.6 Å². The molecule has 0 saturated carbocycles. The van der Waals surface area contributed by atoms with E-state index in [1.165, 1.54) is 24.3 Å². The molecule has 0 bridgehead atoms. The molecule has 3 heterocycles. The minimum absolute atomic E-state index is 0.693. The summed E-state index contributed by atoms with van der Waals surface area (Å²) in [5.74, 6) is 1.82. The smallest absolute Gasteiger partial charge is 0.107 e. The van der Waals surface area contributed by atoms with Gasteiger partial charge in [-0.05, 0) is 44.4 Å². The van der Waals surface area contributed by atoms with Crippen molar-refractivity contribution in [3.63, 3.8) is 0 Å². The van der Waals surface area contributed by atoms with Crippen molar-refractivity contribution in [1.29, 1.82) is 0 Å². The zero-order valence-corrected chi connectivity index (χ0v) is 14.3. The van der Waals surface area contributed by atoms with Crippen LogP contribution in [0.15, 0.2) is 30.5 Å². The van der Waals surface area contributed by atoms with Crippen LogP contribution in [0.25, 0.3) is 11.0 Å². The lowest BCUT2D eigenvalue weighted by Gasteiger charge is -2.32. The average Bonchev–Trinajstić information content (AvgIpc) is 3.13. The molecule has 0 aliphatic carbocycles. The highest BCUT2D eigenvalue weighted by atomic mass is 32.1. The molecule has 0 radical (unpaired) electrons. The predicted molar refractivity (Wildman–Crippen MR) is 94.6 cm³/mol. The van der Waals surface area contributed by atoms with Crippen LogP contribution in [0, 0.1) is 12.8 Å². The molecule has 4 nitrogen and oxygen atoms in total. The van der Waals surface area contributed by atoms with E-state index in [0.29, 0.717) is 5.92 Å². The van der Waals surface area contributed by atoms with E-state index in [4.69, 9.17) is 4.98 Å². The van der Waals surface area contributed by atoms with Crippen LogP contribution < -0.4 is 0 Å². The molecule has 1 aliphatic rings. The van der Waals surface area contributed by atoms with Crippen LogP contribution in [0.2, 0.25) is 0 Å². The Morgan fingerprint density at radius 3 is 3.09 bits per heavy atom. The molecule has 1 unspecified atom stereocenters. The van der Waals surface area contributed by atoms with E-state index in [1.54, 1.807) is 0 Å². The molecule has 1 aromatic carbocycles. The predicted octanol–water partition coefficient (Wildman–Crippen LogP) is 3.78. The second kappa shape index (κ2) is 6.42. The van der Waals surface area contributed by atoms with Gasteiger partial charge in [-0.25, -0.2) is 9.97 Å². The summed E-state index contributed by atoms with van der Waals surface area (Å²) >= 11 is 1.82. The molecule has 5 heteroatoms. The van der Waals surface area contributed by atoms with Crippen LogP contribution in [0.1, 0.15) is 28.6 Å². The maximum absolute atomic E-state index is 4.74. The van der Waals surface area contributed by atoms with Crippen LogP contribution in [-0.4, -0.2) is 32.9 Å². The van der Waals surface area contributed by atoms with Crippen LogP contribution >= 0.6 is 11.3 Å². The lowest BCUT2D eigenvalue weighted by Crippen LogP contribution is -2.35. The van der Waals surface area contributed by atoms with Crippen LogP contribution in [0.3, 0.4) is 0 Å². The quantitative estimate of drug-likeness (QED) is 0.793. The second-order valence-corrected chi connectivity index (χ2v) is 7.81. The summed E-state index contributed by atoms with van der Waals surface area (Å²) in [6.07, 6.45) is 5.66. The summed E-state index contributed by atoms with van der Waals surface area (Å²) in [5, 5.41) is 1.16. The van der Waals surface area contributed by atoms with Crippen molar-refractivity contribution in [2.24, 2.45) is 5.92 Å². The lowest BCUT2D eigenvalue weighted by molar-refractivity contribution is 0.167. The summed E-state index contributed by atoms with van der Waals surface area (Å²) in [7, 11) is 0. The number of para-hydroxylation sites is 2. The molecule has 2 aromatic heterocycles. The summed E-state index contributed by atoms with van der Waals surface area (Å²) in [6.45, 7) is 5.48. The van der Waals surface area contributed by atoms with Crippen LogP contribution in [0.5, 0.6) is 0 Å². The van der Waals surface area contributed by atoms with Crippen LogP contribution in [-0.2, 0) is 13.0 Å². The number of hydrogen-bond donors (Lipinski definition) is 1. The van der Waals surface area contributed by atoms with Crippen molar-refractivity contribution >= 4 is 22.4 Å². The van der Waals surface area contributed by atoms with E-state index in [9.17, 15) is 0 Å². The standard InChI is InChI=1S/C18H22N4S/c1-13-19-10-15(23-13)12-22-8-4-5-14(11-22)9-18-20-16-6-2-3-7-17(16)21-18/h2-3,6-7,10,14H,4-5,8-9,11-12H2,1H3,(H,20,21). The molecule has 3 aromatic rings. The average molecular weight is 326 g/mol. The van der Waals surface area contributed by atoms with E-state index >= 15 is 0 Å². The Balaban J connectivity index is 1.40. The van der Waals surface area contributed by atoms with E-state index in [1.807, 2.05) is 23.6 Å². The Hall–Kier alpha value is -1.72. The minimum Gasteiger partial charge on any atom is -0.342 e. The molecular weight excluding hydrogens is 304 g/mol. The zero-order valence-electron chi connectivity index (χ0n) is 13.5. The maximum Gasteiger partial charge on any atom is 0.107 e. The van der Waals surface area contributed by atoms with Crippen molar-refractivity contribution < 1.29 is 0 Å². The highest BCUT2D eigenvalue weighted by molar-refractivity contribution is 7.11. The number of piperidine rings is 1. The monoisotopic (exact) mass is 326 g/mol. The number of aromatic amines is 1. The van der Waals surface area contributed by atoms with Crippen molar-refractivity contribution in [2.75, 3.05) is 13.1 Å². The summed E-state index contributed by atoms with van der Waals surface area (Å²) in [5.41, 5.74) is 2.23. The molecule has 1 saturated heterocycles. The number of nitrogens with zero attached hydrogens (tertiary/aromatic N) is 3. The third-order valence-corrected chi connectivity index (χ3v) is 5.47. The topological polar surface area (TPSA) is 44.8 Å². The van der Waals surface area contributed by atoms with Crippen molar-refractivity contribution in [3.8, 4) is 0 Å². The number of likely N-dealkylation sites (tertiary alicyclic amines) is 1. The molecule has 0 spiro atoms. The Bertz CT molecular complexity index is 758. The van der Waals surface area contributed by atoms with Gasteiger partial charge in [-0.1, -0.05) is 12.1 Å². The van der Waals surface area contributed by atoms with Gasteiger partial charge in [0.25, 0.3) is 0 Å². The van der Waals surface area contributed by atoms with Gasteiger partial charge in [-0.3, -0.25) is 4.90 Å². The highest BCUT2D eigenvalue weighted by Gasteiger charge is 2.21. The molecule has 1 fully saturated rings. The summed E-state index contributed by atoms with van der Waals surface area (Å²) < 4.78 is 0. The Labute approximate surface area is 140 Å². The van der Waals surface area contributed by atoms with E-state index < -0.39 is 0 Å². The number of hydrogen-bond acceptors (Lipinski definition) is 4. The molecule has 1 aliphatic heterocycles. The van der Waals surface area contributed by atoms with Crippen molar-refractivity contribution in [2.45, 2.75) is 32.7 Å². The van der Waals surface area contributed by atoms with Gasteiger partial charge in [0.15, 0.2) is 0 Å². The van der Waals surface area contributed by atoms with E-state index in [0.717, 1.165) is 41.4 Å². The number of H-pyrrole nitrogens is 1. The molecule has 4 rings (SSSR count). The number of thiazole rings is 1. The van der Waals surface area contributed by atoms with Gasteiger partial charge >= 0.3 is 0 Å². The highest BCUT2D eigenvalue weighted by Crippen LogP contribution is 2.23. The van der Waals surface area contributed by atoms with E-state index in [-0.39, 0.29) is 0 Å².